The largest absolute Gasteiger partial charge is 0.394 e. The molecule has 1 fully saturated rings. The number of carbonyl (C=O) groups is 1. The maximum Gasteiger partial charge on any atom is 0.207 e. The average molecular weight is 308 g/mol. The summed E-state index contributed by atoms with van der Waals surface area (Å²) in [5, 5.41) is 21.8. The molecule has 9 heteroatoms. The van der Waals surface area contributed by atoms with E-state index in [0.717, 1.165) is 0 Å². The van der Waals surface area contributed by atoms with Crippen LogP contribution in [0.3, 0.4) is 0 Å². The number of aliphatic hydroxyl groups excluding tert-OH is 2. The van der Waals surface area contributed by atoms with E-state index in [-0.39, 0.29) is 6.61 Å². The lowest BCUT2D eigenvalue weighted by Crippen LogP contribution is -2.64. The van der Waals surface area contributed by atoms with Gasteiger partial charge in [0.05, 0.1) is 26.4 Å². The molecule has 1 aliphatic heterocycles. The molecule has 124 valence electrons. The highest BCUT2D eigenvalue weighted by atomic mass is 16.7. The van der Waals surface area contributed by atoms with Crippen LogP contribution in [0.4, 0.5) is 0 Å². The molecule has 0 aliphatic carbocycles. The summed E-state index contributed by atoms with van der Waals surface area (Å²) in [4.78, 5) is 10.7. The van der Waals surface area contributed by atoms with Gasteiger partial charge in [-0.15, -0.1) is 0 Å². The van der Waals surface area contributed by atoms with Gasteiger partial charge in [0.1, 0.15) is 24.4 Å². The Balaban J connectivity index is 2.60. The predicted molar refractivity (Wildman–Crippen MR) is 71.4 cm³/mol. The fourth-order valence-electron chi connectivity index (χ4n) is 2.16. The number of aliphatic hydroxyl groups is 2. The summed E-state index contributed by atoms with van der Waals surface area (Å²) < 4.78 is 21.3. The minimum absolute atomic E-state index is 0.215. The first kappa shape index (κ1) is 18.2. The second-order valence-electron chi connectivity index (χ2n) is 4.50. The predicted octanol–water partition coefficient (Wildman–Crippen LogP) is -2.81. The van der Waals surface area contributed by atoms with Crippen LogP contribution in [0.15, 0.2) is 0 Å². The van der Waals surface area contributed by atoms with Gasteiger partial charge in [-0.1, -0.05) is 0 Å². The van der Waals surface area contributed by atoms with Gasteiger partial charge >= 0.3 is 0 Å². The highest BCUT2D eigenvalue weighted by molar-refractivity contribution is 5.47. The molecular formula is C12H24N2O7. The summed E-state index contributed by atoms with van der Waals surface area (Å²) >= 11 is 0. The van der Waals surface area contributed by atoms with Gasteiger partial charge in [0.15, 0.2) is 6.29 Å². The fraction of sp³-hybridized carbons (Fsp3) is 0.917. The summed E-state index contributed by atoms with van der Waals surface area (Å²) in [7, 11) is 1.40. The molecule has 1 amide bonds. The Morgan fingerprint density at radius 2 is 2.14 bits per heavy atom. The van der Waals surface area contributed by atoms with Gasteiger partial charge in [0.2, 0.25) is 6.41 Å². The Labute approximate surface area is 123 Å². The minimum Gasteiger partial charge on any atom is -0.394 e. The molecule has 1 rings (SSSR count). The van der Waals surface area contributed by atoms with E-state index >= 15 is 0 Å². The van der Waals surface area contributed by atoms with Crippen LogP contribution < -0.4 is 11.1 Å². The quantitative estimate of drug-likeness (QED) is 0.251. The number of carbonyl (C=O) groups excluding carboxylic acids is 1. The van der Waals surface area contributed by atoms with Crippen LogP contribution in [-0.2, 0) is 23.7 Å². The maximum atomic E-state index is 10.7. The average Bonchev–Trinajstić information content (AvgIpc) is 2.49. The van der Waals surface area contributed by atoms with Crippen molar-refractivity contribution in [2.24, 2.45) is 5.73 Å². The van der Waals surface area contributed by atoms with Gasteiger partial charge in [0.25, 0.3) is 0 Å². The second kappa shape index (κ2) is 10.0. The highest BCUT2D eigenvalue weighted by Crippen LogP contribution is 2.23. The Hall–Kier alpha value is -0.810. The number of hydrogen-bond acceptors (Lipinski definition) is 8. The van der Waals surface area contributed by atoms with Crippen molar-refractivity contribution < 1.29 is 34.0 Å². The van der Waals surface area contributed by atoms with E-state index in [4.69, 9.17) is 24.7 Å². The number of nitrogens with two attached hydrogens (primary N) is 1. The summed E-state index contributed by atoms with van der Waals surface area (Å²) in [5.41, 5.74) is 5.29. The third-order valence-corrected chi connectivity index (χ3v) is 3.16. The van der Waals surface area contributed by atoms with E-state index in [1.165, 1.54) is 7.11 Å². The number of ether oxygens (including phenoxy) is 4. The number of hydrogen-bond donors (Lipinski definition) is 4. The lowest BCUT2D eigenvalue weighted by atomic mass is 9.97. The highest BCUT2D eigenvalue weighted by Gasteiger charge is 2.45. The second-order valence-corrected chi connectivity index (χ2v) is 4.50. The van der Waals surface area contributed by atoms with Crippen LogP contribution in [0.25, 0.3) is 0 Å². The molecule has 21 heavy (non-hydrogen) atoms. The van der Waals surface area contributed by atoms with Crippen molar-refractivity contribution in [1.29, 1.82) is 0 Å². The third kappa shape index (κ3) is 5.15. The molecule has 5 atom stereocenters. The first-order valence-corrected chi connectivity index (χ1v) is 6.75. The van der Waals surface area contributed by atoms with Crippen molar-refractivity contribution in [3.63, 3.8) is 0 Å². The number of rotatable bonds is 10. The monoisotopic (exact) mass is 308 g/mol. The Bertz CT molecular complexity index is 295. The lowest BCUT2D eigenvalue weighted by molar-refractivity contribution is -0.275. The molecule has 0 spiro atoms. The van der Waals surface area contributed by atoms with Crippen molar-refractivity contribution >= 4 is 6.41 Å². The summed E-state index contributed by atoms with van der Waals surface area (Å²) in [6.45, 7) is 0.975. The minimum atomic E-state index is -1.08. The number of methoxy groups -OCH3 is 1. The van der Waals surface area contributed by atoms with Gasteiger partial charge in [-0.05, 0) is 0 Å². The van der Waals surface area contributed by atoms with Gasteiger partial charge in [0, 0.05) is 13.7 Å². The van der Waals surface area contributed by atoms with E-state index in [1.807, 2.05) is 0 Å². The normalized spacial score (nSPS) is 32.9. The standard InChI is InChI=1S/C12H24N2O7/c1-18-11-9(14-7-16)12(20-5-4-19-3-2-13)21-8(6-15)10(11)17/h7-12,15,17H,2-6,13H2,1H3,(H,14,16). The third-order valence-electron chi connectivity index (χ3n) is 3.16. The zero-order valence-corrected chi connectivity index (χ0v) is 12.0. The van der Waals surface area contributed by atoms with Crippen molar-refractivity contribution in [1.82, 2.24) is 5.32 Å². The van der Waals surface area contributed by atoms with Crippen LogP contribution in [0, 0.1) is 0 Å². The maximum absolute atomic E-state index is 10.7. The molecule has 5 N–H and O–H groups in total. The molecule has 0 bridgehead atoms. The first-order chi connectivity index (χ1) is 10.2. The Morgan fingerprint density at radius 1 is 1.38 bits per heavy atom. The molecule has 0 aromatic heterocycles. The topological polar surface area (TPSA) is 132 Å². The molecule has 5 unspecified atom stereocenters. The fourth-order valence-corrected chi connectivity index (χ4v) is 2.16. The molecule has 0 saturated carbocycles. The van der Waals surface area contributed by atoms with Gasteiger partial charge in [-0.2, -0.15) is 0 Å². The van der Waals surface area contributed by atoms with Crippen molar-refractivity contribution in [2.45, 2.75) is 30.6 Å². The number of nitrogens with one attached hydrogen (secondary N) is 1. The molecule has 1 heterocycles. The van der Waals surface area contributed by atoms with Crippen molar-refractivity contribution in [2.75, 3.05) is 40.1 Å². The van der Waals surface area contributed by atoms with Crippen LogP contribution in [-0.4, -0.2) is 87.3 Å². The molecule has 1 saturated heterocycles. The summed E-state index contributed by atoms with van der Waals surface area (Å²) in [6, 6.07) is -0.695. The van der Waals surface area contributed by atoms with Crippen LogP contribution in [0.1, 0.15) is 0 Å². The lowest BCUT2D eigenvalue weighted by Gasteiger charge is -2.43. The molecule has 9 nitrogen and oxygen atoms in total. The van der Waals surface area contributed by atoms with Crippen molar-refractivity contribution in [3.05, 3.63) is 0 Å². The molecule has 0 aromatic rings. The van der Waals surface area contributed by atoms with Gasteiger partial charge in [-0.3, -0.25) is 4.79 Å². The Morgan fingerprint density at radius 3 is 2.71 bits per heavy atom. The number of amides is 1. The van der Waals surface area contributed by atoms with E-state index in [1.54, 1.807) is 0 Å². The van der Waals surface area contributed by atoms with Crippen molar-refractivity contribution in [3.8, 4) is 0 Å². The molecule has 0 radical (unpaired) electrons. The zero-order valence-electron chi connectivity index (χ0n) is 12.0. The van der Waals surface area contributed by atoms with Crippen LogP contribution in [0.2, 0.25) is 0 Å². The summed E-state index contributed by atoms with van der Waals surface area (Å²) in [5.74, 6) is 0. The van der Waals surface area contributed by atoms with Crippen LogP contribution >= 0.6 is 0 Å². The first-order valence-electron chi connectivity index (χ1n) is 6.75. The van der Waals surface area contributed by atoms with E-state index in [2.05, 4.69) is 5.32 Å². The van der Waals surface area contributed by atoms with Gasteiger partial charge < -0.3 is 40.2 Å². The van der Waals surface area contributed by atoms with Crippen LogP contribution in [0.5, 0.6) is 0 Å². The molecule has 0 aromatic carbocycles. The molecular weight excluding hydrogens is 284 g/mol. The Kier molecular flexibility index (Phi) is 8.69. The van der Waals surface area contributed by atoms with Gasteiger partial charge in [-0.25, -0.2) is 0 Å². The van der Waals surface area contributed by atoms with E-state index in [9.17, 15) is 15.0 Å². The smallest absolute Gasteiger partial charge is 0.207 e. The summed E-state index contributed by atoms with van der Waals surface area (Å²) in [6.07, 6.45) is -3.06. The SMILES string of the molecule is COC1C(O)C(CO)OC(OCCOCCN)C1NC=O. The zero-order chi connectivity index (χ0) is 15.7. The van der Waals surface area contributed by atoms with E-state index < -0.39 is 37.3 Å². The molecule has 1 aliphatic rings. The van der Waals surface area contributed by atoms with E-state index in [0.29, 0.717) is 26.2 Å².